The highest BCUT2D eigenvalue weighted by Crippen LogP contribution is 2.36. The molecular weight excluding hydrogens is 435 g/mol. The van der Waals surface area contributed by atoms with E-state index in [-0.39, 0.29) is 20.7 Å². The summed E-state index contributed by atoms with van der Waals surface area (Å²) in [6, 6.07) is 8.44. The summed E-state index contributed by atoms with van der Waals surface area (Å²) < 4.78 is 0. The second-order valence-corrected chi connectivity index (χ2v) is 8.22. The first-order valence-corrected chi connectivity index (χ1v) is 10.0. The molecule has 0 unspecified atom stereocenters. The van der Waals surface area contributed by atoms with Crippen molar-refractivity contribution in [2.45, 2.75) is 13.8 Å². The minimum atomic E-state index is -0.586. The van der Waals surface area contributed by atoms with Crippen LogP contribution in [0.15, 0.2) is 35.2 Å². The first-order chi connectivity index (χ1) is 13.7. The summed E-state index contributed by atoms with van der Waals surface area (Å²) in [7, 11) is 0. The maximum atomic E-state index is 12.6. The number of aromatic hydroxyl groups is 1. The van der Waals surface area contributed by atoms with E-state index in [2.05, 4.69) is 5.32 Å². The SMILES string of the molecule is Cc1cccc(C)c1NC(=O)CN1C(=O)S/C(=C\c2cc(Cl)c(O)c(Cl)c2)C1=O. The fraction of sp³-hybridized carbons (Fsp3) is 0.150. The van der Waals surface area contributed by atoms with E-state index < -0.39 is 23.6 Å². The Morgan fingerprint density at radius 1 is 1.17 bits per heavy atom. The van der Waals surface area contributed by atoms with Crippen molar-refractivity contribution < 1.29 is 19.5 Å². The highest BCUT2D eigenvalue weighted by Gasteiger charge is 2.36. The zero-order chi connectivity index (χ0) is 21.3. The van der Waals surface area contributed by atoms with Crippen molar-refractivity contribution >= 4 is 63.8 Å². The van der Waals surface area contributed by atoms with E-state index in [4.69, 9.17) is 23.2 Å². The van der Waals surface area contributed by atoms with E-state index >= 15 is 0 Å². The number of imide groups is 1. The van der Waals surface area contributed by atoms with Gasteiger partial charge in [0, 0.05) is 5.69 Å². The molecule has 0 aliphatic carbocycles. The number of carbonyl (C=O) groups excluding carboxylic acids is 3. The lowest BCUT2D eigenvalue weighted by Gasteiger charge is -2.15. The van der Waals surface area contributed by atoms with Gasteiger partial charge in [-0.2, -0.15) is 0 Å². The van der Waals surface area contributed by atoms with Gasteiger partial charge in [0.25, 0.3) is 11.1 Å². The van der Waals surface area contributed by atoms with Gasteiger partial charge in [-0.3, -0.25) is 19.3 Å². The molecule has 0 aromatic heterocycles. The first-order valence-electron chi connectivity index (χ1n) is 8.47. The van der Waals surface area contributed by atoms with Crippen LogP contribution in [0.25, 0.3) is 6.08 Å². The lowest BCUT2D eigenvalue weighted by atomic mass is 10.1. The molecule has 0 atom stereocenters. The van der Waals surface area contributed by atoms with Crippen molar-refractivity contribution in [1.82, 2.24) is 4.90 Å². The van der Waals surface area contributed by atoms with Gasteiger partial charge in [0.2, 0.25) is 5.91 Å². The van der Waals surface area contributed by atoms with Crippen LogP contribution in [0.5, 0.6) is 5.75 Å². The van der Waals surface area contributed by atoms with E-state index in [1.807, 2.05) is 32.0 Å². The van der Waals surface area contributed by atoms with Crippen LogP contribution >= 0.6 is 35.0 Å². The number of benzene rings is 2. The third-order valence-electron chi connectivity index (χ3n) is 4.26. The van der Waals surface area contributed by atoms with Gasteiger partial charge >= 0.3 is 0 Å². The number of nitrogens with one attached hydrogen (secondary N) is 1. The molecular formula is C20H16Cl2N2O4S. The van der Waals surface area contributed by atoms with Gasteiger partial charge in [0.15, 0.2) is 5.75 Å². The number of hydrogen-bond donors (Lipinski definition) is 2. The molecule has 0 saturated carbocycles. The molecule has 1 aliphatic rings. The summed E-state index contributed by atoms with van der Waals surface area (Å²) >= 11 is 12.5. The molecule has 1 heterocycles. The maximum Gasteiger partial charge on any atom is 0.294 e. The Bertz CT molecular complexity index is 1030. The number of phenolic OH excluding ortho intramolecular Hbond substituents is 1. The van der Waals surface area contributed by atoms with Crippen molar-refractivity contribution in [3.8, 4) is 5.75 Å². The van der Waals surface area contributed by atoms with Gasteiger partial charge in [-0.1, -0.05) is 41.4 Å². The number of phenols is 1. The van der Waals surface area contributed by atoms with E-state index in [1.54, 1.807) is 0 Å². The van der Waals surface area contributed by atoms with Crippen LogP contribution in [0.4, 0.5) is 10.5 Å². The fourth-order valence-corrected chi connectivity index (χ4v) is 4.13. The zero-order valence-corrected chi connectivity index (χ0v) is 17.8. The average Bonchev–Trinajstić information content (AvgIpc) is 2.90. The Hall–Kier alpha value is -2.48. The molecule has 29 heavy (non-hydrogen) atoms. The van der Waals surface area contributed by atoms with Gasteiger partial charge < -0.3 is 10.4 Å². The monoisotopic (exact) mass is 450 g/mol. The van der Waals surface area contributed by atoms with Gasteiger partial charge in [-0.05, 0) is 60.5 Å². The number of anilines is 1. The smallest absolute Gasteiger partial charge is 0.294 e. The predicted octanol–water partition coefficient (Wildman–Crippen LogP) is 4.99. The summed E-state index contributed by atoms with van der Waals surface area (Å²) in [5, 5.41) is 11.9. The Morgan fingerprint density at radius 3 is 2.34 bits per heavy atom. The minimum Gasteiger partial charge on any atom is -0.505 e. The maximum absolute atomic E-state index is 12.6. The number of carbonyl (C=O) groups is 3. The normalized spacial score (nSPS) is 15.3. The van der Waals surface area contributed by atoms with Crippen LogP contribution in [0, 0.1) is 13.8 Å². The molecule has 1 fully saturated rings. The number of thioether (sulfide) groups is 1. The lowest BCUT2D eigenvalue weighted by Crippen LogP contribution is -2.36. The molecule has 0 radical (unpaired) electrons. The second-order valence-electron chi connectivity index (χ2n) is 6.42. The molecule has 3 amide bonds. The van der Waals surface area contributed by atoms with Crippen LogP contribution in [-0.4, -0.2) is 33.6 Å². The number of nitrogens with zero attached hydrogens (tertiary/aromatic N) is 1. The first kappa shape index (κ1) is 21.2. The van der Waals surface area contributed by atoms with E-state index in [1.165, 1.54) is 18.2 Å². The molecule has 3 rings (SSSR count). The predicted molar refractivity (Wildman–Crippen MR) is 115 cm³/mol. The number of para-hydroxylation sites is 1. The second kappa shape index (κ2) is 8.49. The molecule has 150 valence electrons. The highest BCUT2D eigenvalue weighted by atomic mass is 35.5. The van der Waals surface area contributed by atoms with Gasteiger partial charge in [-0.15, -0.1) is 0 Å². The Morgan fingerprint density at radius 2 is 1.76 bits per heavy atom. The summed E-state index contributed by atoms with van der Waals surface area (Å²) in [6.45, 7) is 3.33. The molecule has 1 aliphatic heterocycles. The molecule has 2 aromatic carbocycles. The topological polar surface area (TPSA) is 86.7 Å². The van der Waals surface area contributed by atoms with Crippen LogP contribution in [0.3, 0.4) is 0 Å². The van der Waals surface area contributed by atoms with Crippen LogP contribution in [0.2, 0.25) is 10.0 Å². The molecule has 2 N–H and O–H groups in total. The number of hydrogen-bond acceptors (Lipinski definition) is 5. The molecule has 2 aromatic rings. The van der Waals surface area contributed by atoms with Crippen molar-refractivity contribution in [1.29, 1.82) is 0 Å². The molecule has 1 saturated heterocycles. The zero-order valence-electron chi connectivity index (χ0n) is 15.5. The Kier molecular flexibility index (Phi) is 6.21. The summed E-state index contributed by atoms with van der Waals surface area (Å²) in [5.41, 5.74) is 2.87. The summed E-state index contributed by atoms with van der Waals surface area (Å²) in [6.07, 6.45) is 1.44. The minimum absolute atomic E-state index is 0.0240. The van der Waals surface area contributed by atoms with E-state index in [0.29, 0.717) is 11.3 Å². The van der Waals surface area contributed by atoms with Gasteiger partial charge in [-0.25, -0.2) is 0 Å². The molecule has 6 nitrogen and oxygen atoms in total. The summed E-state index contributed by atoms with van der Waals surface area (Å²) in [4.78, 5) is 38.3. The third kappa shape index (κ3) is 4.58. The van der Waals surface area contributed by atoms with Crippen LogP contribution in [0.1, 0.15) is 16.7 Å². The van der Waals surface area contributed by atoms with Crippen molar-refractivity contribution in [3.63, 3.8) is 0 Å². The van der Waals surface area contributed by atoms with Crippen LogP contribution < -0.4 is 5.32 Å². The molecule has 0 bridgehead atoms. The quantitative estimate of drug-likeness (QED) is 0.640. The molecule has 0 spiro atoms. The third-order valence-corrected chi connectivity index (χ3v) is 5.74. The van der Waals surface area contributed by atoms with Crippen molar-refractivity contribution in [2.75, 3.05) is 11.9 Å². The number of amides is 3. The largest absolute Gasteiger partial charge is 0.505 e. The lowest BCUT2D eigenvalue weighted by molar-refractivity contribution is -0.127. The Labute approximate surface area is 181 Å². The molecule has 9 heteroatoms. The van der Waals surface area contributed by atoms with Gasteiger partial charge in [0.1, 0.15) is 6.54 Å². The number of halogens is 2. The highest BCUT2D eigenvalue weighted by molar-refractivity contribution is 8.18. The van der Waals surface area contributed by atoms with E-state index in [9.17, 15) is 19.5 Å². The average molecular weight is 451 g/mol. The fourth-order valence-electron chi connectivity index (χ4n) is 2.79. The van der Waals surface area contributed by atoms with Crippen molar-refractivity contribution in [2.24, 2.45) is 0 Å². The standard InChI is InChI=1S/C20H16Cl2N2O4S/c1-10-4-3-5-11(2)17(10)23-16(25)9-24-19(27)15(29-20(24)28)8-12-6-13(21)18(26)14(22)7-12/h3-8,26H,9H2,1-2H3,(H,23,25)/b15-8-. The Balaban J connectivity index is 1.76. The number of aryl methyl sites for hydroxylation is 2. The van der Waals surface area contributed by atoms with Crippen molar-refractivity contribution in [3.05, 3.63) is 62.0 Å². The van der Waals surface area contributed by atoms with E-state index in [0.717, 1.165) is 27.8 Å². The summed E-state index contributed by atoms with van der Waals surface area (Å²) in [5.74, 6) is -1.32. The number of rotatable bonds is 4. The van der Waals surface area contributed by atoms with Gasteiger partial charge in [0.05, 0.1) is 15.0 Å². The van der Waals surface area contributed by atoms with Crippen LogP contribution in [-0.2, 0) is 9.59 Å².